The highest BCUT2D eigenvalue weighted by molar-refractivity contribution is 5.84. The number of fused-ring (bicyclic) bond motifs is 1. The summed E-state index contributed by atoms with van der Waals surface area (Å²) in [6.07, 6.45) is 1.29. The van der Waals surface area contributed by atoms with Crippen LogP contribution in [-0.4, -0.2) is 50.8 Å². The van der Waals surface area contributed by atoms with Gasteiger partial charge in [0.1, 0.15) is 11.9 Å². The number of esters is 1. The lowest BCUT2D eigenvalue weighted by atomic mass is 9.87. The zero-order valence-corrected chi connectivity index (χ0v) is 19.7. The number of ether oxygens (including phenoxy) is 3. The van der Waals surface area contributed by atoms with Gasteiger partial charge in [-0.25, -0.2) is 14.0 Å². The van der Waals surface area contributed by atoms with Crippen molar-refractivity contribution in [1.82, 2.24) is 10.2 Å². The molecule has 2 aromatic carbocycles. The van der Waals surface area contributed by atoms with Crippen LogP contribution in [0.4, 0.5) is 9.18 Å². The topological polar surface area (TPSA) is 77.1 Å². The summed E-state index contributed by atoms with van der Waals surface area (Å²) in [6, 6.07) is 8.19. The van der Waals surface area contributed by atoms with Crippen molar-refractivity contribution in [1.29, 1.82) is 0 Å². The normalized spacial score (nSPS) is 16.9. The maximum absolute atomic E-state index is 13.7. The van der Waals surface area contributed by atoms with E-state index in [1.807, 2.05) is 26.0 Å². The lowest BCUT2D eigenvalue weighted by Gasteiger charge is -2.39. The van der Waals surface area contributed by atoms with Crippen LogP contribution in [0.3, 0.4) is 0 Å². The fraction of sp³-hybridized carbons (Fsp3) is 0.440. The van der Waals surface area contributed by atoms with Gasteiger partial charge in [0, 0.05) is 6.54 Å². The molecular weight excluding hydrogens is 427 g/mol. The quantitative estimate of drug-likeness (QED) is 0.633. The van der Waals surface area contributed by atoms with E-state index in [1.165, 1.54) is 19.2 Å². The van der Waals surface area contributed by atoms with Gasteiger partial charge in [-0.3, -0.25) is 0 Å². The van der Waals surface area contributed by atoms with Crippen molar-refractivity contribution in [3.63, 3.8) is 0 Å². The van der Waals surface area contributed by atoms with E-state index in [9.17, 15) is 14.0 Å². The van der Waals surface area contributed by atoms with Crippen LogP contribution in [0.15, 0.2) is 36.4 Å². The lowest BCUT2D eigenvalue weighted by Crippen LogP contribution is -2.53. The van der Waals surface area contributed by atoms with Gasteiger partial charge in [0.25, 0.3) is 0 Å². The number of halogens is 1. The Labute approximate surface area is 193 Å². The van der Waals surface area contributed by atoms with Gasteiger partial charge in [-0.2, -0.15) is 0 Å². The number of carbonyl (C=O) groups is 2. The molecule has 8 heteroatoms. The molecule has 1 heterocycles. The monoisotopic (exact) mass is 458 g/mol. The van der Waals surface area contributed by atoms with E-state index < -0.39 is 18.1 Å². The summed E-state index contributed by atoms with van der Waals surface area (Å²) in [5, 5.41) is 2.86. The number of methoxy groups -OCH3 is 3. The molecule has 7 nitrogen and oxygen atoms in total. The molecule has 0 aromatic heterocycles. The Bertz CT molecular complexity index is 995. The molecule has 178 valence electrons. The summed E-state index contributed by atoms with van der Waals surface area (Å²) in [6.45, 7) is 4.25. The summed E-state index contributed by atoms with van der Waals surface area (Å²) in [7, 11) is 4.44. The minimum absolute atomic E-state index is 0.105. The van der Waals surface area contributed by atoms with E-state index in [4.69, 9.17) is 14.2 Å². The molecule has 0 aliphatic carbocycles. The van der Waals surface area contributed by atoms with Crippen molar-refractivity contribution in [2.75, 3.05) is 27.9 Å². The maximum atomic E-state index is 13.7. The van der Waals surface area contributed by atoms with E-state index in [0.29, 0.717) is 30.9 Å². The molecule has 1 N–H and O–H groups in total. The first-order valence-electron chi connectivity index (χ1n) is 11.0. The Morgan fingerprint density at radius 2 is 1.76 bits per heavy atom. The van der Waals surface area contributed by atoms with Gasteiger partial charge in [-0.1, -0.05) is 32.4 Å². The summed E-state index contributed by atoms with van der Waals surface area (Å²) >= 11 is 0. The molecule has 0 spiro atoms. The average molecular weight is 459 g/mol. The zero-order chi connectivity index (χ0) is 24.1. The number of amides is 2. The molecule has 2 amide bonds. The molecule has 0 saturated carbocycles. The second-order valence-electron chi connectivity index (χ2n) is 8.14. The van der Waals surface area contributed by atoms with Crippen LogP contribution in [0.2, 0.25) is 0 Å². The fourth-order valence-corrected chi connectivity index (χ4v) is 4.18. The Hall–Kier alpha value is -3.29. The van der Waals surface area contributed by atoms with Crippen molar-refractivity contribution in [3.8, 4) is 11.5 Å². The standard InChI is InChI=1S/C25H31FN2O5/c1-6-15(2)22(24(29)33-5)27-25(30)28-12-11-17-13-20(31-3)21(32-4)14-19(17)23(28)16-7-9-18(26)10-8-16/h7-10,13-15,22-23H,6,11-12H2,1-5H3,(H,27,30)/t15?,22-,23?/m0/s1. The molecule has 0 saturated heterocycles. The third-order valence-corrected chi connectivity index (χ3v) is 6.27. The number of nitrogens with zero attached hydrogens (tertiary/aromatic N) is 1. The highest BCUT2D eigenvalue weighted by Gasteiger charge is 2.36. The predicted molar refractivity (Wildman–Crippen MR) is 122 cm³/mol. The molecular formula is C25H31FN2O5. The highest BCUT2D eigenvalue weighted by atomic mass is 19.1. The summed E-state index contributed by atoms with van der Waals surface area (Å²) in [5.41, 5.74) is 2.62. The van der Waals surface area contributed by atoms with Gasteiger partial charge in [0.05, 0.1) is 27.4 Å². The summed E-state index contributed by atoms with van der Waals surface area (Å²) in [4.78, 5) is 27.5. The number of rotatable bonds is 7. The number of urea groups is 1. The van der Waals surface area contributed by atoms with Crippen LogP contribution in [0, 0.1) is 11.7 Å². The van der Waals surface area contributed by atoms with Crippen LogP contribution in [0.5, 0.6) is 11.5 Å². The van der Waals surface area contributed by atoms with E-state index in [1.54, 1.807) is 31.3 Å². The molecule has 3 atom stereocenters. The second kappa shape index (κ2) is 10.6. The molecule has 0 fully saturated rings. The number of hydrogen-bond donors (Lipinski definition) is 1. The van der Waals surface area contributed by atoms with Crippen molar-refractivity contribution >= 4 is 12.0 Å². The largest absolute Gasteiger partial charge is 0.493 e. The first-order chi connectivity index (χ1) is 15.8. The third-order valence-electron chi connectivity index (χ3n) is 6.27. The molecule has 2 unspecified atom stereocenters. The Morgan fingerprint density at radius 1 is 1.12 bits per heavy atom. The smallest absolute Gasteiger partial charge is 0.328 e. The molecule has 0 radical (unpaired) electrons. The zero-order valence-electron chi connectivity index (χ0n) is 19.7. The van der Waals surface area contributed by atoms with Crippen LogP contribution in [0.25, 0.3) is 0 Å². The van der Waals surface area contributed by atoms with Gasteiger partial charge in [0.15, 0.2) is 11.5 Å². The molecule has 0 bridgehead atoms. The van der Waals surface area contributed by atoms with Crippen LogP contribution in [0.1, 0.15) is 43.0 Å². The number of nitrogens with one attached hydrogen (secondary N) is 1. The van der Waals surface area contributed by atoms with Gasteiger partial charge < -0.3 is 24.4 Å². The Morgan fingerprint density at radius 3 is 2.33 bits per heavy atom. The first kappa shape index (κ1) is 24.4. The maximum Gasteiger partial charge on any atom is 0.328 e. The van der Waals surface area contributed by atoms with Crippen molar-refractivity contribution in [3.05, 3.63) is 58.9 Å². The van der Waals surface area contributed by atoms with Gasteiger partial charge >= 0.3 is 12.0 Å². The van der Waals surface area contributed by atoms with Crippen LogP contribution >= 0.6 is 0 Å². The minimum atomic E-state index is -0.770. The SMILES string of the molecule is CCC(C)[C@H](NC(=O)N1CCc2cc(OC)c(OC)cc2C1c1ccc(F)cc1)C(=O)OC. The molecule has 3 rings (SSSR count). The molecule has 1 aliphatic heterocycles. The lowest BCUT2D eigenvalue weighted by molar-refractivity contribution is -0.144. The van der Waals surface area contributed by atoms with Crippen LogP contribution in [-0.2, 0) is 16.0 Å². The minimum Gasteiger partial charge on any atom is -0.493 e. The van der Waals surface area contributed by atoms with Gasteiger partial charge in [-0.05, 0) is 53.3 Å². The Kier molecular flexibility index (Phi) is 7.79. The van der Waals surface area contributed by atoms with Crippen molar-refractivity contribution in [2.24, 2.45) is 5.92 Å². The van der Waals surface area contributed by atoms with Gasteiger partial charge in [0.2, 0.25) is 0 Å². The van der Waals surface area contributed by atoms with E-state index in [0.717, 1.165) is 16.7 Å². The summed E-state index contributed by atoms with van der Waals surface area (Å²) in [5.74, 6) is 0.194. The fourth-order valence-electron chi connectivity index (χ4n) is 4.18. The second-order valence-corrected chi connectivity index (χ2v) is 8.14. The van der Waals surface area contributed by atoms with Crippen molar-refractivity contribution < 1.29 is 28.2 Å². The molecule has 33 heavy (non-hydrogen) atoms. The number of hydrogen-bond acceptors (Lipinski definition) is 5. The number of carbonyl (C=O) groups excluding carboxylic acids is 2. The van der Waals surface area contributed by atoms with E-state index >= 15 is 0 Å². The van der Waals surface area contributed by atoms with Crippen molar-refractivity contribution in [2.45, 2.75) is 38.8 Å². The predicted octanol–water partition coefficient (Wildman–Crippen LogP) is 4.09. The Balaban J connectivity index is 2.04. The number of benzene rings is 2. The highest BCUT2D eigenvalue weighted by Crippen LogP contribution is 2.41. The summed E-state index contributed by atoms with van der Waals surface area (Å²) < 4.78 is 29.5. The average Bonchev–Trinajstić information content (AvgIpc) is 2.85. The van der Waals surface area contributed by atoms with Gasteiger partial charge in [-0.15, -0.1) is 0 Å². The van der Waals surface area contributed by atoms with E-state index in [-0.39, 0.29) is 17.8 Å². The molecule has 1 aliphatic rings. The third kappa shape index (κ3) is 5.05. The molecule has 2 aromatic rings. The van der Waals surface area contributed by atoms with Crippen LogP contribution < -0.4 is 14.8 Å². The van der Waals surface area contributed by atoms with E-state index in [2.05, 4.69) is 5.32 Å². The first-order valence-corrected chi connectivity index (χ1v) is 11.0.